The second-order valence-corrected chi connectivity index (χ2v) is 10.2. The van der Waals surface area contributed by atoms with Gasteiger partial charge in [-0.25, -0.2) is 13.1 Å². The Morgan fingerprint density at radius 3 is 2.52 bits per heavy atom. The summed E-state index contributed by atoms with van der Waals surface area (Å²) in [6.07, 6.45) is 7.21. The van der Waals surface area contributed by atoms with Gasteiger partial charge >= 0.3 is 0 Å². The lowest BCUT2D eigenvalue weighted by Gasteiger charge is -2.37. The van der Waals surface area contributed by atoms with Gasteiger partial charge in [-0.3, -0.25) is 14.6 Å². The van der Waals surface area contributed by atoms with Crippen LogP contribution < -0.4 is 5.32 Å². The molecule has 27 heavy (non-hydrogen) atoms. The average Bonchev–Trinajstić information content (AvgIpc) is 3.36. The Morgan fingerprint density at radius 1 is 1.11 bits per heavy atom. The van der Waals surface area contributed by atoms with E-state index in [4.69, 9.17) is 0 Å². The van der Waals surface area contributed by atoms with Crippen LogP contribution in [0, 0.1) is 0 Å². The maximum Gasteiger partial charge on any atom is 0.239 e. The number of carbonyl (C=O) groups is 1. The largest absolute Gasteiger partial charge is 0.310 e. The minimum Gasteiger partial charge on any atom is -0.310 e. The predicted molar refractivity (Wildman–Crippen MR) is 103 cm³/mol. The average molecular weight is 396 g/mol. The van der Waals surface area contributed by atoms with E-state index >= 15 is 0 Å². The highest BCUT2D eigenvalue weighted by molar-refractivity contribution is 7.91. The number of aromatic nitrogens is 2. The van der Waals surface area contributed by atoms with Crippen molar-refractivity contribution in [2.75, 3.05) is 49.5 Å². The summed E-state index contributed by atoms with van der Waals surface area (Å²) in [6.45, 7) is 3.62. The fourth-order valence-corrected chi connectivity index (χ4v) is 6.35. The van der Waals surface area contributed by atoms with Crippen molar-refractivity contribution in [2.45, 2.75) is 44.2 Å². The van der Waals surface area contributed by atoms with E-state index in [0.29, 0.717) is 24.1 Å². The third kappa shape index (κ3) is 4.52. The predicted octanol–water partition coefficient (Wildman–Crippen LogP) is 0.741. The van der Waals surface area contributed by atoms with E-state index in [1.54, 1.807) is 6.20 Å². The minimum atomic E-state index is -2.85. The van der Waals surface area contributed by atoms with Crippen LogP contribution in [-0.4, -0.2) is 84.2 Å². The van der Waals surface area contributed by atoms with Gasteiger partial charge in [0.25, 0.3) is 0 Å². The molecule has 9 heteroatoms. The lowest BCUT2D eigenvalue weighted by Crippen LogP contribution is -2.52. The van der Waals surface area contributed by atoms with Crippen molar-refractivity contribution in [1.82, 2.24) is 19.6 Å². The van der Waals surface area contributed by atoms with E-state index in [9.17, 15) is 13.2 Å². The van der Waals surface area contributed by atoms with Gasteiger partial charge in [0.2, 0.25) is 5.91 Å². The van der Waals surface area contributed by atoms with Crippen LogP contribution in [0.15, 0.2) is 12.3 Å². The first-order valence-corrected chi connectivity index (χ1v) is 11.8. The van der Waals surface area contributed by atoms with Crippen molar-refractivity contribution in [3.05, 3.63) is 12.3 Å². The molecule has 2 saturated heterocycles. The molecule has 0 aromatic carbocycles. The van der Waals surface area contributed by atoms with Crippen molar-refractivity contribution in [3.63, 3.8) is 0 Å². The van der Waals surface area contributed by atoms with Crippen molar-refractivity contribution in [2.24, 2.45) is 0 Å². The zero-order chi connectivity index (χ0) is 18.9. The van der Waals surface area contributed by atoms with Gasteiger partial charge in [0, 0.05) is 38.3 Å². The summed E-state index contributed by atoms with van der Waals surface area (Å²) in [5.41, 5.74) is 0. The van der Waals surface area contributed by atoms with E-state index < -0.39 is 9.84 Å². The molecule has 3 fully saturated rings. The van der Waals surface area contributed by atoms with Gasteiger partial charge in [-0.1, -0.05) is 12.8 Å². The molecule has 1 aromatic heterocycles. The summed E-state index contributed by atoms with van der Waals surface area (Å²) in [5.74, 6) is 1.39. The van der Waals surface area contributed by atoms with Gasteiger partial charge in [-0.15, -0.1) is 0 Å². The second-order valence-electron chi connectivity index (χ2n) is 8.02. The van der Waals surface area contributed by atoms with Crippen LogP contribution in [0.5, 0.6) is 0 Å². The molecule has 8 nitrogen and oxygen atoms in total. The van der Waals surface area contributed by atoms with Crippen LogP contribution in [0.3, 0.4) is 0 Å². The number of nitrogens with zero attached hydrogens (tertiary/aromatic N) is 4. The molecule has 3 aliphatic rings. The standard InChI is InChI=1S/C18H29N5O3S/c24-18(20-17-5-7-19-23(17)15-3-1-2-4-15)13-21-8-10-22(11-9-21)16-6-12-27(25,26)14-16/h5,7,15-16H,1-4,6,8-14H2,(H,20,24). The Balaban J connectivity index is 1.25. The molecular formula is C18H29N5O3S. The third-order valence-electron chi connectivity index (χ3n) is 6.11. The van der Waals surface area contributed by atoms with Crippen LogP contribution in [0.2, 0.25) is 0 Å². The van der Waals surface area contributed by atoms with Crippen molar-refractivity contribution in [3.8, 4) is 0 Å². The molecule has 0 radical (unpaired) electrons. The highest BCUT2D eigenvalue weighted by atomic mass is 32.2. The van der Waals surface area contributed by atoms with Gasteiger partial charge in [-0.05, 0) is 19.3 Å². The molecule has 1 amide bonds. The number of sulfone groups is 1. The Morgan fingerprint density at radius 2 is 1.85 bits per heavy atom. The summed E-state index contributed by atoms with van der Waals surface area (Å²) in [7, 11) is -2.85. The smallest absolute Gasteiger partial charge is 0.239 e. The molecular weight excluding hydrogens is 366 g/mol. The van der Waals surface area contributed by atoms with Crippen LogP contribution in [0.4, 0.5) is 5.82 Å². The number of piperazine rings is 1. The quantitative estimate of drug-likeness (QED) is 0.791. The van der Waals surface area contributed by atoms with Crippen molar-refractivity contribution in [1.29, 1.82) is 0 Å². The number of hydrogen-bond acceptors (Lipinski definition) is 6. The van der Waals surface area contributed by atoms with Crippen LogP contribution in [-0.2, 0) is 14.6 Å². The molecule has 4 rings (SSSR count). The number of nitrogens with one attached hydrogen (secondary N) is 1. The zero-order valence-electron chi connectivity index (χ0n) is 15.7. The highest BCUT2D eigenvalue weighted by Gasteiger charge is 2.33. The topological polar surface area (TPSA) is 87.5 Å². The Kier molecular flexibility index (Phi) is 5.52. The third-order valence-corrected chi connectivity index (χ3v) is 7.86. The number of anilines is 1. The number of carbonyl (C=O) groups excluding carboxylic acids is 1. The Labute approximate surface area is 160 Å². The lowest BCUT2D eigenvalue weighted by molar-refractivity contribution is -0.117. The second kappa shape index (κ2) is 7.89. The van der Waals surface area contributed by atoms with Gasteiger partial charge in [0.1, 0.15) is 5.82 Å². The molecule has 1 unspecified atom stereocenters. The maximum atomic E-state index is 12.5. The molecule has 0 bridgehead atoms. The van der Waals surface area contributed by atoms with Gasteiger partial charge in [0.15, 0.2) is 9.84 Å². The first kappa shape index (κ1) is 18.9. The van der Waals surface area contributed by atoms with Gasteiger partial charge in [-0.2, -0.15) is 5.10 Å². The van der Waals surface area contributed by atoms with E-state index in [-0.39, 0.29) is 11.9 Å². The highest BCUT2D eigenvalue weighted by Crippen LogP contribution is 2.31. The zero-order valence-corrected chi connectivity index (χ0v) is 16.5. The summed E-state index contributed by atoms with van der Waals surface area (Å²) in [4.78, 5) is 16.9. The minimum absolute atomic E-state index is 0.00774. The number of amides is 1. The van der Waals surface area contributed by atoms with Crippen LogP contribution in [0.25, 0.3) is 0 Å². The molecule has 0 spiro atoms. The first-order valence-electron chi connectivity index (χ1n) is 10.0. The molecule has 1 aliphatic carbocycles. The van der Waals surface area contributed by atoms with E-state index in [1.165, 1.54) is 12.8 Å². The Hall–Kier alpha value is -1.45. The monoisotopic (exact) mass is 395 g/mol. The summed E-state index contributed by atoms with van der Waals surface area (Å²) < 4.78 is 25.3. The first-order chi connectivity index (χ1) is 13.0. The fourth-order valence-electron chi connectivity index (χ4n) is 4.59. The van der Waals surface area contributed by atoms with Crippen molar-refractivity contribution >= 4 is 21.6 Å². The molecule has 1 N–H and O–H groups in total. The molecule has 1 saturated carbocycles. The van der Waals surface area contributed by atoms with Crippen LogP contribution in [0.1, 0.15) is 38.1 Å². The normalized spacial score (nSPS) is 27.2. The summed E-state index contributed by atoms with van der Waals surface area (Å²) in [5, 5.41) is 7.42. The SMILES string of the molecule is O=C(CN1CCN(C2CCS(=O)(=O)C2)CC1)Nc1ccnn1C1CCCC1. The van der Waals surface area contributed by atoms with Gasteiger partial charge in [0.05, 0.1) is 30.3 Å². The maximum absolute atomic E-state index is 12.5. The van der Waals surface area contributed by atoms with Gasteiger partial charge < -0.3 is 5.32 Å². The van der Waals surface area contributed by atoms with Crippen molar-refractivity contribution < 1.29 is 13.2 Å². The van der Waals surface area contributed by atoms with E-state index in [1.807, 2.05) is 10.7 Å². The molecule has 150 valence electrons. The molecule has 2 aliphatic heterocycles. The van der Waals surface area contributed by atoms with E-state index in [2.05, 4.69) is 20.2 Å². The number of rotatable bonds is 5. The van der Waals surface area contributed by atoms with E-state index in [0.717, 1.165) is 51.3 Å². The Bertz CT molecular complexity index is 764. The fraction of sp³-hybridized carbons (Fsp3) is 0.778. The molecule has 3 heterocycles. The molecule has 1 aromatic rings. The lowest BCUT2D eigenvalue weighted by atomic mass is 10.2. The summed E-state index contributed by atoms with van der Waals surface area (Å²) in [6, 6.07) is 2.43. The summed E-state index contributed by atoms with van der Waals surface area (Å²) >= 11 is 0. The number of hydrogen-bond donors (Lipinski definition) is 1. The van der Waals surface area contributed by atoms with Crippen LogP contribution >= 0.6 is 0 Å². The molecule has 1 atom stereocenters.